The van der Waals surface area contributed by atoms with Gasteiger partial charge in [0.1, 0.15) is 0 Å². The van der Waals surface area contributed by atoms with E-state index in [0.29, 0.717) is 11.8 Å². The van der Waals surface area contributed by atoms with Crippen LogP contribution in [0.2, 0.25) is 0 Å². The van der Waals surface area contributed by atoms with Crippen molar-refractivity contribution >= 4 is 11.4 Å². The summed E-state index contributed by atoms with van der Waals surface area (Å²) >= 11 is 0. The normalized spacial score (nSPS) is 19.1. The molecule has 1 heterocycles. The molecule has 1 saturated heterocycles. The fourth-order valence-electron chi connectivity index (χ4n) is 2.50. The van der Waals surface area contributed by atoms with Gasteiger partial charge in [-0.25, -0.2) is 0 Å². The van der Waals surface area contributed by atoms with Crippen molar-refractivity contribution in [2.45, 2.75) is 45.3 Å². The van der Waals surface area contributed by atoms with Gasteiger partial charge in [-0.15, -0.1) is 0 Å². The topological polar surface area (TPSA) is 76.4 Å². The van der Waals surface area contributed by atoms with Gasteiger partial charge in [0.05, 0.1) is 11.0 Å². The molecule has 1 atom stereocenters. The van der Waals surface area contributed by atoms with Crippen LogP contribution in [-0.4, -0.2) is 30.2 Å². The van der Waals surface area contributed by atoms with E-state index in [0.717, 1.165) is 38.0 Å². The monoisotopic (exact) mass is 293 g/mol. The highest BCUT2D eigenvalue weighted by atomic mass is 16.6. The first-order valence-corrected chi connectivity index (χ1v) is 7.48. The van der Waals surface area contributed by atoms with Crippen molar-refractivity contribution in [2.24, 2.45) is 0 Å². The molecule has 1 aromatic carbocycles. The van der Waals surface area contributed by atoms with Gasteiger partial charge in [0.15, 0.2) is 5.75 Å². The molecule has 6 nitrogen and oxygen atoms in total. The van der Waals surface area contributed by atoms with Crippen LogP contribution in [0.4, 0.5) is 11.4 Å². The van der Waals surface area contributed by atoms with Gasteiger partial charge in [-0.3, -0.25) is 10.1 Å². The lowest BCUT2D eigenvalue weighted by Gasteiger charge is -2.18. The van der Waals surface area contributed by atoms with Crippen LogP contribution in [0, 0.1) is 10.1 Å². The average molecular weight is 293 g/mol. The summed E-state index contributed by atoms with van der Waals surface area (Å²) in [5.41, 5.74) is 0.889. The summed E-state index contributed by atoms with van der Waals surface area (Å²) in [6, 6.07) is 5.39. The number of nitro benzene ring substituents is 1. The Morgan fingerprint density at radius 3 is 2.90 bits per heavy atom. The summed E-state index contributed by atoms with van der Waals surface area (Å²) in [7, 11) is 0. The molecule has 1 aromatic rings. The fraction of sp³-hybridized carbons (Fsp3) is 0.600. The minimum atomic E-state index is -0.406. The Kier molecular flexibility index (Phi) is 5.38. The van der Waals surface area contributed by atoms with Gasteiger partial charge >= 0.3 is 5.69 Å². The number of anilines is 1. The second-order valence-corrected chi connectivity index (χ2v) is 5.63. The molecule has 1 aliphatic heterocycles. The van der Waals surface area contributed by atoms with E-state index in [1.165, 1.54) is 6.07 Å². The van der Waals surface area contributed by atoms with Gasteiger partial charge in [0, 0.05) is 23.9 Å². The number of nitro groups is 1. The molecule has 21 heavy (non-hydrogen) atoms. The first-order chi connectivity index (χ1) is 10.1. The summed E-state index contributed by atoms with van der Waals surface area (Å²) in [5.74, 6) is 0.326. The quantitative estimate of drug-likeness (QED) is 0.645. The van der Waals surface area contributed by atoms with Crippen molar-refractivity contribution < 1.29 is 9.66 Å². The van der Waals surface area contributed by atoms with Crippen LogP contribution in [0.5, 0.6) is 5.75 Å². The number of nitrogens with zero attached hydrogens (tertiary/aromatic N) is 1. The van der Waals surface area contributed by atoms with E-state index in [1.807, 2.05) is 13.8 Å². The number of rotatable bonds is 5. The third-order valence-corrected chi connectivity index (χ3v) is 3.47. The third kappa shape index (κ3) is 4.60. The molecule has 0 spiro atoms. The first kappa shape index (κ1) is 15.6. The number of benzene rings is 1. The fourth-order valence-corrected chi connectivity index (χ4v) is 2.50. The van der Waals surface area contributed by atoms with Crippen LogP contribution in [0.3, 0.4) is 0 Å². The zero-order valence-electron chi connectivity index (χ0n) is 12.6. The molecular weight excluding hydrogens is 270 g/mol. The van der Waals surface area contributed by atoms with Gasteiger partial charge in [0.25, 0.3) is 0 Å². The number of nitrogens with one attached hydrogen (secondary N) is 2. The Hall–Kier alpha value is -1.82. The van der Waals surface area contributed by atoms with Crippen LogP contribution < -0.4 is 15.4 Å². The van der Waals surface area contributed by atoms with Crippen molar-refractivity contribution in [1.29, 1.82) is 0 Å². The van der Waals surface area contributed by atoms with Gasteiger partial charge in [-0.1, -0.05) is 0 Å². The summed E-state index contributed by atoms with van der Waals surface area (Å²) in [6.45, 7) is 5.78. The molecule has 6 heteroatoms. The Labute approximate surface area is 125 Å². The minimum Gasteiger partial charge on any atom is -0.484 e. The van der Waals surface area contributed by atoms with Gasteiger partial charge in [-0.05, 0) is 52.3 Å². The van der Waals surface area contributed by atoms with Crippen LogP contribution in [-0.2, 0) is 0 Å². The molecule has 1 fully saturated rings. The van der Waals surface area contributed by atoms with Crippen molar-refractivity contribution in [3.63, 3.8) is 0 Å². The second kappa shape index (κ2) is 7.26. The molecule has 0 aromatic heterocycles. The highest BCUT2D eigenvalue weighted by molar-refractivity contribution is 5.58. The first-order valence-electron chi connectivity index (χ1n) is 7.48. The van der Waals surface area contributed by atoms with Gasteiger partial charge in [-0.2, -0.15) is 0 Å². The van der Waals surface area contributed by atoms with E-state index in [2.05, 4.69) is 10.6 Å². The smallest absolute Gasteiger partial charge is 0.311 e. The minimum absolute atomic E-state index is 0.0109. The summed E-state index contributed by atoms with van der Waals surface area (Å²) in [4.78, 5) is 10.6. The maximum atomic E-state index is 11.0. The van der Waals surface area contributed by atoms with E-state index in [4.69, 9.17) is 4.74 Å². The molecule has 0 radical (unpaired) electrons. The lowest BCUT2D eigenvalue weighted by molar-refractivity contribution is -0.386. The standard InChI is InChI=1S/C15H23N3O3/c1-11(2)21-15-10-13(5-6-14(15)18(19)20)17-12-4-3-8-16-9-7-12/h5-6,10-12,16-17H,3-4,7-9H2,1-2H3. The predicted molar refractivity (Wildman–Crippen MR) is 83.0 cm³/mol. The van der Waals surface area contributed by atoms with E-state index >= 15 is 0 Å². The number of hydrogen-bond donors (Lipinski definition) is 2. The predicted octanol–water partition coefficient (Wildman–Crippen LogP) is 2.94. The molecule has 0 saturated carbocycles. The average Bonchev–Trinajstić information content (AvgIpc) is 2.66. The van der Waals surface area contributed by atoms with Crippen molar-refractivity contribution in [3.05, 3.63) is 28.3 Å². The number of hydrogen-bond acceptors (Lipinski definition) is 5. The van der Waals surface area contributed by atoms with Crippen molar-refractivity contribution in [2.75, 3.05) is 18.4 Å². The van der Waals surface area contributed by atoms with E-state index < -0.39 is 4.92 Å². The molecule has 0 aliphatic carbocycles. The summed E-state index contributed by atoms with van der Waals surface area (Å²) in [6.07, 6.45) is 3.20. The van der Waals surface area contributed by atoms with E-state index in [9.17, 15) is 10.1 Å². The molecule has 116 valence electrons. The van der Waals surface area contributed by atoms with Crippen molar-refractivity contribution in [3.8, 4) is 5.75 Å². The van der Waals surface area contributed by atoms with Crippen LogP contribution in [0.25, 0.3) is 0 Å². The summed E-state index contributed by atoms with van der Waals surface area (Å²) < 4.78 is 5.57. The van der Waals surface area contributed by atoms with Gasteiger partial charge in [0.2, 0.25) is 0 Å². The molecular formula is C15H23N3O3. The van der Waals surface area contributed by atoms with Gasteiger partial charge < -0.3 is 15.4 Å². The molecule has 0 bridgehead atoms. The highest BCUT2D eigenvalue weighted by Gasteiger charge is 2.18. The number of ether oxygens (including phenoxy) is 1. The largest absolute Gasteiger partial charge is 0.484 e. The third-order valence-electron chi connectivity index (χ3n) is 3.47. The maximum absolute atomic E-state index is 11.0. The van der Waals surface area contributed by atoms with Crippen LogP contribution >= 0.6 is 0 Å². The van der Waals surface area contributed by atoms with E-state index in [-0.39, 0.29) is 11.8 Å². The lowest BCUT2D eigenvalue weighted by atomic mass is 10.1. The van der Waals surface area contributed by atoms with Crippen LogP contribution in [0.1, 0.15) is 33.1 Å². The lowest BCUT2D eigenvalue weighted by Crippen LogP contribution is -2.21. The molecule has 1 aliphatic rings. The molecule has 2 N–H and O–H groups in total. The Balaban J connectivity index is 2.14. The molecule has 1 unspecified atom stereocenters. The Bertz CT molecular complexity index is 483. The van der Waals surface area contributed by atoms with Crippen LogP contribution in [0.15, 0.2) is 18.2 Å². The zero-order chi connectivity index (χ0) is 15.2. The highest BCUT2D eigenvalue weighted by Crippen LogP contribution is 2.31. The molecule has 2 rings (SSSR count). The Morgan fingerprint density at radius 1 is 1.38 bits per heavy atom. The SMILES string of the molecule is CC(C)Oc1cc(NC2CCCNCC2)ccc1[N+](=O)[O-]. The molecule has 0 amide bonds. The van der Waals surface area contributed by atoms with Crippen molar-refractivity contribution in [1.82, 2.24) is 5.32 Å². The zero-order valence-corrected chi connectivity index (χ0v) is 12.6. The second-order valence-electron chi connectivity index (χ2n) is 5.63. The van der Waals surface area contributed by atoms with E-state index in [1.54, 1.807) is 12.1 Å². The summed E-state index contributed by atoms with van der Waals surface area (Å²) in [5, 5.41) is 17.9. The maximum Gasteiger partial charge on any atom is 0.311 e. The Morgan fingerprint density at radius 2 is 2.19 bits per heavy atom.